The van der Waals surface area contributed by atoms with E-state index in [-0.39, 0.29) is 17.9 Å². The highest BCUT2D eigenvalue weighted by molar-refractivity contribution is 6.08. The topological polar surface area (TPSA) is 86.8 Å². The van der Waals surface area contributed by atoms with Crippen molar-refractivity contribution in [1.29, 1.82) is 0 Å². The highest BCUT2D eigenvalue weighted by Crippen LogP contribution is 2.33. The van der Waals surface area contributed by atoms with Crippen LogP contribution in [-0.2, 0) is 4.79 Å². The summed E-state index contributed by atoms with van der Waals surface area (Å²) in [6, 6.07) is 4.17. The Bertz CT molecular complexity index is 902. The zero-order valence-electron chi connectivity index (χ0n) is 13.8. The minimum atomic E-state index is 0.0229. The van der Waals surface area contributed by atoms with Gasteiger partial charge in [-0.25, -0.2) is 4.98 Å². The summed E-state index contributed by atoms with van der Waals surface area (Å²) in [6.45, 7) is 5.55. The molecule has 3 aromatic heterocycles. The summed E-state index contributed by atoms with van der Waals surface area (Å²) in [7, 11) is 0. The van der Waals surface area contributed by atoms with Gasteiger partial charge in [-0.1, -0.05) is 0 Å². The van der Waals surface area contributed by atoms with Gasteiger partial charge in [-0.2, -0.15) is 0 Å². The monoisotopic (exact) mass is 324 g/mol. The van der Waals surface area contributed by atoms with Crippen molar-refractivity contribution in [3.8, 4) is 0 Å². The molecule has 1 saturated heterocycles. The van der Waals surface area contributed by atoms with Crippen LogP contribution in [0.1, 0.15) is 20.3 Å². The maximum atomic E-state index is 12.3. The van der Waals surface area contributed by atoms with Gasteiger partial charge in [-0.3, -0.25) is 4.79 Å². The maximum Gasteiger partial charge on any atom is 0.225 e. The van der Waals surface area contributed by atoms with Gasteiger partial charge in [0.15, 0.2) is 11.3 Å². The van der Waals surface area contributed by atoms with E-state index < -0.39 is 0 Å². The summed E-state index contributed by atoms with van der Waals surface area (Å²) < 4.78 is 0. The second-order valence-corrected chi connectivity index (χ2v) is 6.56. The average molecular weight is 324 g/mol. The lowest BCUT2D eigenvalue weighted by Gasteiger charge is -2.21. The van der Waals surface area contributed by atoms with E-state index in [1.807, 2.05) is 32.2 Å². The number of fused-ring (bicyclic) bond motifs is 3. The number of aromatic amines is 1. The molecule has 1 amide bonds. The van der Waals surface area contributed by atoms with Crippen molar-refractivity contribution in [1.82, 2.24) is 25.5 Å². The molecule has 1 aliphatic heterocycles. The highest BCUT2D eigenvalue weighted by Gasteiger charge is 2.30. The lowest BCUT2D eigenvalue weighted by atomic mass is 10.1. The Kier molecular flexibility index (Phi) is 3.55. The van der Waals surface area contributed by atoms with Gasteiger partial charge in [0.05, 0.1) is 11.3 Å². The van der Waals surface area contributed by atoms with Gasteiger partial charge in [-0.05, 0) is 32.4 Å². The fourth-order valence-corrected chi connectivity index (χ4v) is 3.38. The Labute approximate surface area is 139 Å². The number of hydrogen-bond acceptors (Lipinski definition) is 5. The molecule has 0 aliphatic carbocycles. The van der Waals surface area contributed by atoms with Crippen LogP contribution < -0.4 is 10.2 Å². The quantitative estimate of drug-likeness (QED) is 0.768. The average Bonchev–Trinajstić information content (AvgIpc) is 3.22. The minimum Gasteiger partial charge on any atom is -0.370 e. The Balaban J connectivity index is 1.70. The number of amides is 1. The molecule has 2 N–H and O–H groups in total. The number of H-pyrrole nitrogens is 1. The first-order valence-electron chi connectivity index (χ1n) is 8.27. The summed E-state index contributed by atoms with van der Waals surface area (Å²) in [5.74, 6) is 0.161. The smallest absolute Gasteiger partial charge is 0.225 e. The summed E-state index contributed by atoms with van der Waals surface area (Å²) >= 11 is 0. The number of nitrogens with zero attached hydrogens (tertiary/aromatic N) is 4. The van der Waals surface area contributed by atoms with Crippen LogP contribution in [0.15, 0.2) is 24.5 Å². The molecule has 0 radical (unpaired) electrons. The predicted octanol–water partition coefficient (Wildman–Crippen LogP) is 1.86. The van der Waals surface area contributed by atoms with Crippen molar-refractivity contribution >= 4 is 33.7 Å². The van der Waals surface area contributed by atoms with E-state index in [9.17, 15) is 4.79 Å². The summed E-state index contributed by atoms with van der Waals surface area (Å²) in [6.07, 6.45) is 4.48. The second-order valence-electron chi connectivity index (χ2n) is 6.56. The van der Waals surface area contributed by atoms with Crippen molar-refractivity contribution in [3.63, 3.8) is 0 Å². The Hall–Kier alpha value is -2.70. The van der Waals surface area contributed by atoms with E-state index in [1.54, 1.807) is 6.20 Å². The number of pyridine rings is 1. The van der Waals surface area contributed by atoms with Crippen LogP contribution in [0.5, 0.6) is 0 Å². The van der Waals surface area contributed by atoms with Gasteiger partial charge in [0, 0.05) is 42.6 Å². The summed E-state index contributed by atoms with van der Waals surface area (Å²) in [5, 5.41) is 13.4. The first kappa shape index (κ1) is 14.9. The predicted molar refractivity (Wildman–Crippen MR) is 92.8 cm³/mol. The molecule has 1 fully saturated rings. The van der Waals surface area contributed by atoms with Gasteiger partial charge < -0.3 is 15.2 Å². The number of anilines is 1. The Morgan fingerprint density at radius 3 is 3.08 bits per heavy atom. The number of carbonyl (C=O) groups is 1. The number of nitrogens with one attached hydrogen (secondary N) is 2. The van der Waals surface area contributed by atoms with Crippen molar-refractivity contribution in [2.75, 3.05) is 18.0 Å². The third kappa shape index (κ3) is 2.46. The van der Waals surface area contributed by atoms with Crippen molar-refractivity contribution in [2.24, 2.45) is 5.92 Å². The van der Waals surface area contributed by atoms with Crippen molar-refractivity contribution < 1.29 is 4.79 Å². The van der Waals surface area contributed by atoms with Crippen molar-refractivity contribution in [3.05, 3.63) is 24.5 Å². The Morgan fingerprint density at radius 2 is 2.25 bits per heavy atom. The molecule has 0 aromatic carbocycles. The van der Waals surface area contributed by atoms with Crippen LogP contribution in [0.2, 0.25) is 0 Å². The van der Waals surface area contributed by atoms with E-state index in [0.717, 1.165) is 41.6 Å². The number of hydrogen-bond donors (Lipinski definition) is 2. The molecule has 7 heteroatoms. The second kappa shape index (κ2) is 5.74. The van der Waals surface area contributed by atoms with Gasteiger partial charge >= 0.3 is 0 Å². The van der Waals surface area contributed by atoms with E-state index in [1.165, 1.54) is 0 Å². The van der Waals surface area contributed by atoms with E-state index >= 15 is 0 Å². The standard InChI is InChI=1S/C17H20N6O/c1-10(2)20-17(24)11-5-8-23(9-11)13-4-7-19-16-14(13)12-3-6-18-15(12)21-22-16/h3-4,6-7,10-11H,5,8-9H2,1-2H3,(H,19,22)(H,20,24). The largest absolute Gasteiger partial charge is 0.370 e. The van der Waals surface area contributed by atoms with Gasteiger partial charge in [0.25, 0.3) is 0 Å². The van der Waals surface area contributed by atoms with Gasteiger partial charge in [0.2, 0.25) is 5.91 Å². The van der Waals surface area contributed by atoms with Gasteiger partial charge in [-0.15, -0.1) is 10.2 Å². The first-order valence-corrected chi connectivity index (χ1v) is 8.27. The van der Waals surface area contributed by atoms with Crippen LogP contribution in [0, 0.1) is 5.92 Å². The van der Waals surface area contributed by atoms with Crippen LogP contribution >= 0.6 is 0 Å². The highest BCUT2D eigenvalue weighted by atomic mass is 16.2. The molecule has 7 nitrogen and oxygen atoms in total. The van der Waals surface area contributed by atoms with Crippen LogP contribution in [-0.4, -0.2) is 45.2 Å². The number of carbonyl (C=O) groups excluding carboxylic acids is 1. The summed E-state index contributed by atoms with van der Waals surface area (Å²) in [5.41, 5.74) is 2.47. The normalized spacial score (nSPS) is 18.0. The zero-order chi connectivity index (χ0) is 16.7. The van der Waals surface area contributed by atoms with Gasteiger partial charge in [0.1, 0.15) is 0 Å². The Morgan fingerprint density at radius 1 is 1.38 bits per heavy atom. The molecule has 0 saturated carbocycles. The maximum absolute atomic E-state index is 12.3. The molecule has 1 aliphatic rings. The fraction of sp³-hybridized carbons (Fsp3) is 0.412. The van der Waals surface area contributed by atoms with E-state index in [2.05, 4.69) is 30.4 Å². The van der Waals surface area contributed by atoms with Crippen LogP contribution in [0.3, 0.4) is 0 Å². The molecule has 4 heterocycles. The molecule has 1 atom stereocenters. The third-order valence-corrected chi connectivity index (χ3v) is 4.48. The molecule has 0 bridgehead atoms. The lowest BCUT2D eigenvalue weighted by Crippen LogP contribution is -2.36. The zero-order valence-corrected chi connectivity index (χ0v) is 13.8. The van der Waals surface area contributed by atoms with E-state index in [4.69, 9.17) is 0 Å². The van der Waals surface area contributed by atoms with Crippen LogP contribution in [0.25, 0.3) is 22.1 Å². The molecular formula is C17H20N6O. The first-order chi connectivity index (χ1) is 11.6. The molecule has 124 valence electrons. The third-order valence-electron chi connectivity index (χ3n) is 4.48. The minimum absolute atomic E-state index is 0.0229. The molecule has 0 spiro atoms. The van der Waals surface area contributed by atoms with Crippen molar-refractivity contribution in [2.45, 2.75) is 26.3 Å². The SMILES string of the molecule is CC(C)NC(=O)C1CCN(c2cc[nH]c3nnc4nccc4c23)C1. The number of rotatable bonds is 3. The van der Waals surface area contributed by atoms with Crippen LogP contribution in [0.4, 0.5) is 5.69 Å². The fourth-order valence-electron chi connectivity index (χ4n) is 3.38. The molecule has 24 heavy (non-hydrogen) atoms. The molecule has 3 aromatic rings. The molecule has 4 rings (SSSR count). The lowest BCUT2D eigenvalue weighted by molar-refractivity contribution is -0.124. The summed E-state index contributed by atoms with van der Waals surface area (Å²) in [4.78, 5) is 21.9. The molecule has 1 unspecified atom stereocenters. The number of aromatic nitrogens is 4. The molecular weight excluding hydrogens is 304 g/mol. The van der Waals surface area contributed by atoms with E-state index in [0.29, 0.717) is 5.65 Å².